The fourth-order valence-corrected chi connectivity index (χ4v) is 3.65. The molecular formula is C27H27ClN2O3. The second-order valence-electron chi connectivity index (χ2n) is 8.08. The quantitative estimate of drug-likeness (QED) is 0.291. The van der Waals surface area contributed by atoms with Gasteiger partial charge >= 0.3 is 0 Å². The molecule has 1 amide bonds. The molecule has 1 aromatic heterocycles. The van der Waals surface area contributed by atoms with Crippen LogP contribution in [0.3, 0.4) is 0 Å². The van der Waals surface area contributed by atoms with Crippen LogP contribution in [0.4, 0.5) is 5.69 Å². The third-order valence-corrected chi connectivity index (χ3v) is 5.97. The van der Waals surface area contributed by atoms with Crippen LogP contribution in [0.1, 0.15) is 55.5 Å². The van der Waals surface area contributed by atoms with Crippen molar-refractivity contribution in [1.82, 2.24) is 4.98 Å². The lowest BCUT2D eigenvalue weighted by atomic mass is 9.98. The van der Waals surface area contributed by atoms with Gasteiger partial charge in [0.25, 0.3) is 5.91 Å². The van der Waals surface area contributed by atoms with Gasteiger partial charge in [-0.25, -0.2) is 4.98 Å². The van der Waals surface area contributed by atoms with Crippen molar-refractivity contribution in [2.24, 2.45) is 0 Å². The monoisotopic (exact) mass is 462 g/mol. The van der Waals surface area contributed by atoms with E-state index in [9.17, 15) is 4.79 Å². The molecular weight excluding hydrogens is 436 g/mol. The highest BCUT2D eigenvalue weighted by Crippen LogP contribution is 2.32. The fraction of sp³-hybridized carbons (Fsp3) is 0.259. The lowest BCUT2D eigenvalue weighted by Gasteiger charge is -2.09. The second kappa shape index (κ2) is 10.1. The predicted molar refractivity (Wildman–Crippen MR) is 133 cm³/mol. The van der Waals surface area contributed by atoms with Gasteiger partial charge in [0.05, 0.1) is 17.3 Å². The number of ether oxygens (including phenoxy) is 1. The summed E-state index contributed by atoms with van der Waals surface area (Å²) in [6.07, 6.45) is 1.99. The molecule has 0 fully saturated rings. The minimum Gasteiger partial charge on any atom is -0.494 e. The highest BCUT2D eigenvalue weighted by Gasteiger charge is 2.14. The molecule has 5 nitrogen and oxygen atoms in total. The zero-order valence-electron chi connectivity index (χ0n) is 19.0. The van der Waals surface area contributed by atoms with Crippen LogP contribution in [-0.2, 0) is 0 Å². The van der Waals surface area contributed by atoms with E-state index in [2.05, 4.69) is 36.3 Å². The molecule has 3 aromatic carbocycles. The maximum Gasteiger partial charge on any atom is 0.255 e. The van der Waals surface area contributed by atoms with Gasteiger partial charge < -0.3 is 14.5 Å². The highest BCUT2D eigenvalue weighted by atomic mass is 35.5. The number of rotatable bonds is 8. The number of hydrogen-bond acceptors (Lipinski definition) is 4. The van der Waals surface area contributed by atoms with Crippen LogP contribution in [0, 0.1) is 0 Å². The first kappa shape index (κ1) is 22.9. The van der Waals surface area contributed by atoms with Crippen LogP contribution in [0.2, 0.25) is 5.02 Å². The average molecular weight is 463 g/mol. The number of aromatic nitrogens is 1. The maximum atomic E-state index is 12.8. The van der Waals surface area contributed by atoms with Gasteiger partial charge in [-0.1, -0.05) is 38.4 Å². The summed E-state index contributed by atoms with van der Waals surface area (Å²) in [5.74, 6) is 1.42. The number of nitrogens with one attached hydrogen (secondary N) is 1. The van der Waals surface area contributed by atoms with Crippen LogP contribution < -0.4 is 10.1 Å². The van der Waals surface area contributed by atoms with Gasteiger partial charge in [0.1, 0.15) is 11.3 Å². The standard InChI is InChI=1S/C27H27ClN2O3/c1-4-14-32-21-10-6-18(7-11-21)26(31)29-23-16-20(8-12-22(23)28)27-30-24-15-19(17(3)5-2)9-13-25(24)33-27/h6-13,15-17H,4-5,14H2,1-3H3,(H,29,31)/t17-/m0/s1. The molecule has 0 radical (unpaired) electrons. The molecule has 0 saturated heterocycles. The molecule has 1 N–H and O–H groups in total. The SMILES string of the molecule is CCCOc1ccc(C(=O)Nc2cc(-c3nc4cc([C@@H](C)CC)ccc4o3)ccc2Cl)cc1. The summed E-state index contributed by atoms with van der Waals surface area (Å²) in [5, 5.41) is 3.32. The van der Waals surface area contributed by atoms with Crippen molar-refractivity contribution in [2.75, 3.05) is 11.9 Å². The lowest BCUT2D eigenvalue weighted by molar-refractivity contribution is 0.102. The summed E-state index contributed by atoms with van der Waals surface area (Å²) in [7, 11) is 0. The first-order valence-corrected chi connectivity index (χ1v) is 11.6. The molecule has 0 bridgehead atoms. The molecule has 33 heavy (non-hydrogen) atoms. The Labute approximate surface area is 198 Å². The van der Waals surface area contributed by atoms with Crippen LogP contribution in [-0.4, -0.2) is 17.5 Å². The number of fused-ring (bicyclic) bond motifs is 1. The molecule has 6 heteroatoms. The number of halogens is 1. The minimum absolute atomic E-state index is 0.258. The topological polar surface area (TPSA) is 64.4 Å². The Morgan fingerprint density at radius 1 is 1.09 bits per heavy atom. The normalized spacial score (nSPS) is 12.0. The Bertz CT molecular complexity index is 1260. The summed E-state index contributed by atoms with van der Waals surface area (Å²) >= 11 is 6.36. The Hall–Kier alpha value is -3.31. The van der Waals surface area contributed by atoms with Crippen LogP contribution in [0.25, 0.3) is 22.6 Å². The van der Waals surface area contributed by atoms with Gasteiger partial charge in [-0.3, -0.25) is 4.79 Å². The van der Waals surface area contributed by atoms with E-state index in [0.29, 0.717) is 34.7 Å². The fourth-order valence-electron chi connectivity index (χ4n) is 3.48. The summed E-state index contributed by atoms with van der Waals surface area (Å²) in [4.78, 5) is 17.4. The molecule has 0 spiro atoms. The van der Waals surface area contributed by atoms with E-state index in [1.807, 2.05) is 19.1 Å². The van der Waals surface area contributed by atoms with Crippen molar-refractivity contribution in [1.29, 1.82) is 0 Å². The number of carbonyl (C=O) groups excluding carboxylic acids is 1. The number of nitrogens with zero attached hydrogens (tertiary/aromatic N) is 1. The molecule has 0 aliphatic carbocycles. The van der Waals surface area contributed by atoms with Gasteiger partial charge in [-0.05, 0) is 78.9 Å². The molecule has 4 aromatic rings. The van der Waals surface area contributed by atoms with Crippen molar-refractivity contribution < 1.29 is 13.9 Å². The molecule has 170 valence electrons. The first-order chi connectivity index (χ1) is 16.0. The van der Waals surface area contributed by atoms with E-state index in [1.165, 1.54) is 5.56 Å². The number of hydrogen-bond donors (Lipinski definition) is 1. The summed E-state index contributed by atoms with van der Waals surface area (Å²) < 4.78 is 11.5. The molecule has 0 unspecified atom stereocenters. The Morgan fingerprint density at radius 3 is 2.61 bits per heavy atom. The molecule has 0 saturated carbocycles. The number of benzene rings is 3. The maximum absolute atomic E-state index is 12.8. The molecule has 1 atom stereocenters. The van der Waals surface area contributed by atoms with Crippen molar-refractivity contribution in [2.45, 2.75) is 39.5 Å². The van der Waals surface area contributed by atoms with Gasteiger partial charge in [0.2, 0.25) is 5.89 Å². The third kappa shape index (κ3) is 5.20. The Balaban J connectivity index is 1.56. The van der Waals surface area contributed by atoms with E-state index in [4.69, 9.17) is 20.8 Å². The number of anilines is 1. The zero-order chi connectivity index (χ0) is 23.4. The van der Waals surface area contributed by atoms with E-state index >= 15 is 0 Å². The first-order valence-electron chi connectivity index (χ1n) is 11.2. The van der Waals surface area contributed by atoms with Gasteiger partial charge in [-0.15, -0.1) is 0 Å². The van der Waals surface area contributed by atoms with Crippen molar-refractivity contribution >= 4 is 34.3 Å². The second-order valence-corrected chi connectivity index (χ2v) is 8.48. The highest BCUT2D eigenvalue weighted by molar-refractivity contribution is 6.34. The molecule has 0 aliphatic rings. The van der Waals surface area contributed by atoms with Crippen LogP contribution in [0.15, 0.2) is 65.1 Å². The van der Waals surface area contributed by atoms with Crippen molar-refractivity contribution in [3.8, 4) is 17.2 Å². The van der Waals surface area contributed by atoms with Crippen LogP contribution in [0.5, 0.6) is 5.75 Å². The third-order valence-electron chi connectivity index (χ3n) is 5.64. The van der Waals surface area contributed by atoms with E-state index in [-0.39, 0.29) is 5.91 Å². The lowest BCUT2D eigenvalue weighted by Crippen LogP contribution is -2.12. The van der Waals surface area contributed by atoms with Crippen molar-refractivity contribution in [3.05, 3.63) is 76.8 Å². The van der Waals surface area contributed by atoms with Crippen LogP contribution >= 0.6 is 11.6 Å². The van der Waals surface area contributed by atoms with Gasteiger partial charge in [-0.2, -0.15) is 0 Å². The molecule has 1 heterocycles. The zero-order valence-corrected chi connectivity index (χ0v) is 19.8. The van der Waals surface area contributed by atoms with Gasteiger partial charge in [0, 0.05) is 11.1 Å². The molecule has 0 aliphatic heterocycles. The summed E-state index contributed by atoms with van der Waals surface area (Å²) in [6.45, 7) is 7.05. The van der Waals surface area contributed by atoms with E-state index < -0.39 is 0 Å². The average Bonchev–Trinajstić information content (AvgIpc) is 3.27. The van der Waals surface area contributed by atoms with Crippen molar-refractivity contribution in [3.63, 3.8) is 0 Å². The minimum atomic E-state index is -0.258. The number of amides is 1. The molecule has 4 rings (SSSR count). The summed E-state index contributed by atoms with van der Waals surface area (Å²) in [6, 6.07) is 18.5. The number of carbonyl (C=O) groups is 1. The Morgan fingerprint density at radius 2 is 1.88 bits per heavy atom. The smallest absolute Gasteiger partial charge is 0.255 e. The number of oxazole rings is 1. The Kier molecular flexibility index (Phi) is 6.99. The van der Waals surface area contributed by atoms with E-state index in [1.54, 1.807) is 36.4 Å². The van der Waals surface area contributed by atoms with Gasteiger partial charge in [0.15, 0.2) is 5.58 Å². The van der Waals surface area contributed by atoms with E-state index in [0.717, 1.165) is 35.3 Å². The summed E-state index contributed by atoms with van der Waals surface area (Å²) in [5.41, 5.74) is 4.52. The predicted octanol–water partition coefficient (Wildman–Crippen LogP) is 7.70. The largest absolute Gasteiger partial charge is 0.494 e.